The number of amides is 1. The Kier molecular flexibility index (Phi) is 6.20. The van der Waals surface area contributed by atoms with E-state index in [0.717, 1.165) is 11.1 Å². The van der Waals surface area contributed by atoms with Gasteiger partial charge in [0.25, 0.3) is 0 Å². The molecule has 0 radical (unpaired) electrons. The Hall–Kier alpha value is -3.44. The van der Waals surface area contributed by atoms with E-state index in [0.29, 0.717) is 19.6 Å². The molecular formula is C25H24N2O3. The Morgan fingerprint density at radius 2 is 1.77 bits per heavy atom. The number of fused-ring (bicyclic) bond motifs is 3. The number of pyridine rings is 1. The quantitative estimate of drug-likeness (QED) is 0.572. The maximum atomic E-state index is 12.1. The van der Waals surface area contributed by atoms with Crippen molar-refractivity contribution in [1.29, 1.82) is 0 Å². The number of carbonyl (C=O) groups is 1. The molecule has 4 rings (SSSR count). The third-order valence-electron chi connectivity index (χ3n) is 5.23. The van der Waals surface area contributed by atoms with Crippen LogP contribution in [0.3, 0.4) is 0 Å². The van der Waals surface area contributed by atoms with Crippen molar-refractivity contribution in [3.8, 4) is 11.1 Å². The average Bonchev–Trinajstić information content (AvgIpc) is 3.11. The highest BCUT2D eigenvalue weighted by atomic mass is 16.5. The molecule has 0 spiro atoms. The molecule has 0 saturated heterocycles. The second-order valence-electron chi connectivity index (χ2n) is 7.23. The molecule has 1 aliphatic rings. The maximum absolute atomic E-state index is 12.1. The predicted octanol–water partition coefficient (Wildman–Crippen LogP) is 4.52. The lowest BCUT2D eigenvalue weighted by molar-refractivity contribution is 0.143. The van der Waals surface area contributed by atoms with Gasteiger partial charge in [-0.3, -0.25) is 4.98 Å². The fourth-order valence-electron chi connectivity index (χ4n) is 3.81. The van der Waals surface area contributed by atoms with Crippen LogP contribution in [-0.2, 0) is 11.3 Å². The van der Waals surface area contributed by atoms with Crippen molar-refractivity contribution in [3.05, 3.63) is 95.3 Å². The van der Waals surface area contributed by atoms with E-state index >= 15 is 0 Å². The summed E-state index contributed by atoms with van der Waals surface area (Å²) in [5, 5.41) is 11.9. The molecule has 5 heteroatoms. The van der Waals surface area contributed by atoms with Gasteiger partial charge in [0.15, 0.2) is 0 Å². The van der Waals surface area contributed by atoms with Gasteiger partial charge in [0.1, 0.15) is 6.61 Å². The van der Waals surface area contributed by atoms with Crippen molar-refractivity contribution in [2.75, 3.05) is 13.2 Å². The van der Waals surface area contributed by atoms with Gasteiger partial charge < -0.3 is 15.2 Å². The molecule has 2 N–H and O–H groups in total. The van der Waals surface area contributed by atoms with Gasteiger partial charge in [-0.15, -0.1) is 0 Å². The summed E-state index contributed by atoms with van der Waals surface area (Å²) in [7, 11) is 0. The average molecular weight is 400 g/mol. The molecule has 30 heavy (non-hydrogen) atoms. The minimum Gasteiger partial charge on any atom is -0.449 e. The lowest BCUT2D eigenvalue weighted by Gasteiger charge is -2.14. The zero-order valence-electron chi connectivity index (χ0n) is 16.6. The number of benzene rings is 2. The Balaban J connectivity index is 1.27. The summed E-state index contributed by atoms with van der Waals surface area (Å²) in [6.07, 6.45) is 7.51. The van der Waals surface area contributed by atoms with Gasteiger partial charge in [-0.1, -0.05) is 60.7 Å². The van der Waals surface area contributed by atoms with E-state index in [2.05, 4.69) is 34.6 Å². The maximum Gasteiger partial charge on any atom is 0.407 e. The van der Waals surface area contributed by atoms with Gasteiger partial charge in [-0.25, -0.2) is 4.79 Å². The highest BCUT2D eigenvalue weighted by molar-refractivity contribution is 5.79. The van der Waals surface area contributed by atoms with Crippen molar-refractivity contribution in [2.45, 2.75) is 18.9 Å². The molecule has 2 aromatic carbocycles. The lowest BCUT2D eigenvalue weighted by atomic mass is 9.98. The van der Waals surface area contributed by atoms with Crippen LogP contribution in [0, 0.1) is 0 Å². The Bertz CT molecular complexity index is 1020. The summed E-state index contributed by atoms with van der Waals surface area (Å²) >= 11 is 0. The van der Waals surface area contributed by atoms with E-state index in [1.165, 1.54) is 22.3 Å². The monoisotopic (exact) mass is 400 g/mol. The SMILES string of the molecule is O=C(NCCC=Cc1cncc(CO)c1)OCC1c2ccccc2-c2ccccc21. The number of alkyl carbamates (subject to hydrolysis) is 1. The molecular weight excluding hydrogens is 376 g/mol. The van der Waals surface area contributed by atoms with Gasteiger partial charge in [0.2, 0.25) is 0 Å². The molecule has 152 valence electrons. The zero-order chi connectivity index (χ0) is 20.8. The molecule has 0 unspecified atom stereocenters. The fraction of sp³-hybridized carbons (Fsp3) is 0.200. The van der Waals surface area contributed by atoms with E-state index in [-0.39, 0.29) is 12.5 Å². The molecule has 3 aromatic rings. The molecule has 1 aliphatic carbocycles. The summed E-state index contributed by atoms with van der Waals surface area (Å²) in [6.45, 7) is 0.771. The van der Waals surface area contributed by atoms with E-state index in [4.69, 9.17) is 9.84 Å². The van der Waals surface area contributed by atoms with Crippen LogP contribution < -0.4 is 5.32 Å². The number of aliphatic hydroxyl groups is 1. The second-order valence-corrected chi connectivity index (χ2v) is 7.23. The minimum atomic E-state index is -0.408. The highest BCUT2D eigenvalue weighted by Crippen LogP contribution is 2.44. The number of aliphatic hydroxyl groups excluding tert-OH is 1. The van der Waals surface area contributed by atoms with Crippen molar-refractivity contribution >= 4 is 12.2 Å². The van der Waals surface area contributed by atoms with Crippen LogP contribution >= 0.6 is 0 Å². The second kappa shape index (κ2) is 9.37. The van der Waals surface area contributed by atoms with Crippen LogP contribution in [0.2, 0.25) is 0 Å². The van der Waals surface area contributed by atoms with Gasteiger partial charge in [-0.2, -0.15) is 0 Å². The van der Waals surface area contributed by atoms with E-state index < -0.39 is 6.09 Å². The molecule has 0 aliphatic heterocycles. The highest BCUT2D eigenvalue weighted by Gasteiger charge is 2.28. The van der Waals surface area contributed by atoms with Crippen molar-refractivity contribution in [3.63, 3.8) is 0 Å². The first-order chi connectivity index (χ1) is 14.8. The topological polar surface area (TPSA) is 71.5 Å². The molecule has 5 nitrogen and oxygen atoms in total. The molecule has 1 heterocycles. The van der Waals surface area contributed by atoms with Gasteiger partial charge in [-0.05, 0) is 45.9 Å². The van der Waals surface area contributed by atoms with Crippen LogP contribution in [-0.4, -0.2) is 29.3 Å². The van der Waals surface area contributed by atoms with Crippen molar-refractivity contribution in [2.24, 2.45) is 0 Å². The number of hydrogen-bond acceptors (Lipinski definition) is 4. The third kappa shape index (κ3) is 4.42. The number of aromatic nitrogens is 1. The molecule has 0 atom stereocenters. The number of nitrogens with one attached hydrogen (secondary N) is 1. The standard InChI is InChI=1S/C25H24N2O3/c28-16-19-13-18(14-26-15-19)7-5-6-12-27-25(29)30-17-24-22-10-3-1-8-20(22)21-9-2-4-11-23(21)24/h1-5,7-11,13-15,24,28H,6,12,16-17H2,(H,27,29). The first-order valence-electron chi connectivity index (χ1n) is 10.1. The Morgan fingerprint density at radius 3 is 2.47 bits per heavy atom. The van der Waals surface area contributed by atoms with Crippen LogP contribution in [0.15, 0.2) is 73.1 Å². The summed E-state index contributed by atoms with van der Waals surface area (Å²) in [5.74, 6) is 0.0642. The van der Waals surface area contributed by atoms with Crippen molar-refractivity contribution in [1.82, 2.24) is 10.3 Å². The first-order valence-corrected chi connectivity index (χ1v) is 10.1. The fourth-order valence-corrected chi connectivity index (χ4v) is 3.81. The summed E-state index contributed by atoms with van der Waals surface area (Å²) < 4.78 is 5.52. The van der Waals surface area contributed by atoms with Gasteiger partial charge >= 0.3 is 6.09 Å². The zero-order valence-corrected chi connectivity index (χ0v) is 16.6. The summed E-state index contributed by atoms with van der Waals surface area (Å²) in [5.41, 5.74) is 6.52. The van der Waals surface area contributed by atoms with E-state index in [1.54, 1.807) is 12.4 Å². The van der Waals surface area contributed by atoms with Crippen LogP contribution in [0.25, 0.3) is 17.2 Å². The van der Waals surface area contributed by atoms with Crippen LogP contribution in [0.4, 0.5) is 4.79 Å². The smallest absolute Gasteiger partial charge is 0.407 e. The van der Waals surface area contributed by atoms with E-state index in [9.17, 15) is 4.79 Å². The molecule has 0 bridgehead atoms. The molecule has 0 saturated carbocycles. The minimum absolute atomic E-state index is 0.0297. The van der Waals surface area contributed by atoms with Crippen LogP contribution in [0.5, 0.6) is 0 Å². The van der Waals surface area contributed by atoms with Gasteiger partial charge in [0.05, 0.1) is 6.61 Å². The third-order valence-corrected chi connectivity index (χ3v) is 5.23. The summed E-state index contributed by atoms with van der Waals surface area (Å²) in [6, 6.07) is 18.4. The van der Waals surface area contributed by atoms with Gasteiger partial charge in [0, 0.05) is 24.9 Å². The lowest BCUT2D eigenvalue weighted by Crippen LogP contribution is -2.26. The molecule has 1 aromatic heterocycles. The van der Waals surface area contributed by atoms with Crippen molar-refractivity contribution < 1.29 is 14.6 Å². The number of hydrogen-bond donors (Lipinski definition) is 2. The summed E-state index contributed by atoms with van der Waals surface area (Å²) in [4.78, 5) is 16.2. The van der Waals surface area contributed by atoms with E-state index in [1.807, 2.05) is 42.5 Å². The number of nitrogens with zero attached hydrogens (tertiary/aromatic N) is 1. The largest absolute Gasteiger partial charge is 0.449 e. The number of rotatable bonds is 7. The Morgan fingerprint density at radius 1 is 1.07 bits per heavy atom. The normalized spacial score (nSPS) is 12.6. The number of carbonyl (C=O) groups excluding carboxylic acids is 1. The Labute approximate surface area is 176 Å². The molecule has 1 amide bonds. The molecule has 0 fully saturated rings. The predicted molar refractivity (Wildman–Crippen MR) is 117 cm³/mol. The number of ether oxygens (including phenoxy) is 1. The van der Waals surface area contributed by atoms with Crippen LogP contribution in [0.1, 0.15) is 34.6 Å². The first kappa shape index (κ1) is 19.9.